The van der Waals surface area contributed by atoms with E-state index in [1.165, 1.54) is 0 Å². The zero-order valence-corrected chi connectivity index (χ0v) is 15.7. The highest BCUT2D eigenvalue weighted by atomic mass is 16.5. The van der Waals surface area contributed by atoms with Gasteiger partial charge >= 0.3 is 0 Å². The van der Waals surface area contributed by atoms with Gasteiger partial charge in [0, 0.05) is 30.7 Å². The van der Waals surface area contributed by atoms with Gasteiger partial charge < -0.3 is 19.9 Å². The molecule has 142 valence electrons. The molecule has 1 atom stereocenters. The first-order chi connectivity index (χ1) is 13.6. The van der Waals surface area contributed by atoms with Gasteiger partial charge in [0.05, 0.1) is 25.3 Å². The van der Waals surface area contributed by atoms with Gasteiger partial charge in [0.15, 0.2) is 0 Å². The molecule has 0 unspecified atom stereocenters. The predicted molar refractivity (Wildman–Crippen MR) is 106 cm³/mol. The maximum absolute atomic E-state index is 12.6. The highest BCUT2D eigenvalue weighted by Crippen LogP contribution is 2.28. The Morgan fingerprint density at radius 3 is 2.64 bits per heavy atom. The lowest BCUT2D eigenvalue weighted by molar-refractivity contribution is -0.119. The standard InChI is InChI=1S/C21H21N5O2/c1-26-12-11-23-21(26)20(17-5-3-4-6-18(17)28-2)25-19(27)14-24-16-9-7-15(13-22)8-10-16/h3-12,20,24H,14H2,1-2H3,(H,25,27)/t20-/m0/s1. The van der Waals surface area contributed by atoms with Crippen LogP contribution in [0.3, 0.4) is 0 Å². The molecule has 0 bridgehead atoms. The van der Waals surface area contributed by atoms with E-state index in [4.69, 9.17) is 10.00 Å². The molecule has 0 spiro atoms. The number of methoxy groups -OCH3 is 1. The number of rotatable bonds is 7. The van der Waals surface area contributed by atoms with E-state index < -0.39 is 6.04 Å². The third-order valence-electron chi connectivity index (χ3n) is 4.34. The van der Waals surface area contributed by atoms with Crippen molar-refractivity contribution >= 4 is 11.6 Å². The molecule has 28 heavy (non-hydrogen) atoms. The van der Waals surface area contributed by atoms with E-state index in [2.05, 4.69) is 21.7 Å². The second-order valence-electron chi connectivity index (χ2n) is 6.18. The van der Waals surface area contributed by atoms with E-state index in [0.717, 1.165) is 11.3 Å². The van der Waals surface area contributed by atoms with Gasteiger partial charge in [0.2, 0.25) is 5.91 Å². The van der Waals surface area contributed by atoms with E-state index in [0.29, 0.717) is 17.1 Å². The van der Waals surface area contributed by atoms with Crippen LogP contribution in [-0.2, 0) is 11.8 Å². The van der Waals surface area contributed by atoms with E-state index in [1.807, 2.05) is 42.1 Å². The van der Waals surface area contributed by atoms with Crippen LogP contribution in [0.25, 0.3) is 0 Å². The summed E-state index contributed by atoms with van der Waals surface area (Å²) in [5.74, 6) is 1.19. The largest absolute Gasteiger partial charge is 0.496 e. The molecule has 7 nitrogen and oxygen atoms in total. The molecule has 2 N–H and O–H groups in total. The Balaban J connectivity index is 1.76. The molecule has 7 heteroatoms. The van der Waals surface area contributed by atoms with Gasteiger partial charge in [-0.25, -0.2) is 4.98 Å². The van der Waals surface area contributed by atoms with Crippen molar-refractivity contribution in [1.82, 2.24) is 14.9 Å². The van der Waals surface area contributed by atoms with Crippen molar-refractivity contribution < 1.29 is 9.53 Å². The van der Waals surface area contributed by atoms with E-state index in [9.17, 15) is 4.79 Å². The Bertz CT molecular complexity index is 989. The van der Waals surface area contributed by atoms with Gasteiger partial charge in [-0.2, -0.15) is 5.26 Å². The topological polar surface area (TPSA) is 92.0 Å². The monoisotopic (exact) mass is 375 g/mol. The fourth-order valence-electron chi connectivity index (χ4n) is 2.90. The molecule has 0 aliphatic rings. The highest BCUT2D eigenvalue weighted by molar-refractivity contribution is 5.81. The number of hydrogen-bond donors (Lipinski definition) is 2. The molecule has 0 aliphatic heterocycles. The van der Waals surface area contributed by atoms with Gasteiger partial charge in [-0.15, -0.1) is 0 Å². The molecule has 0 aliphatic carbocycles. The number of imidazole rings is 1. The zero-order valence-electron chi connectivity index (χ0n) is 15.7. The third-order valence-corrected chi connectivity index (χ3v) is 4.34. The van der Waals surface area contributed by atoms with Gasteiger partial charge in [0.25, 0.3) is 0 Å². The van der Waals surface area contributed by atoms with Crippen molar-refractivity contribution in [3.63, 3.8) is 0 Å². The molecule has 0 radical (unpaired) electrons. The Kier molecular flexibility index (Phi) is 5.92. The van der Waals surface area contributed by atoms with Crippen LogP contribution in [0.2, 0.25) is 0 Å². The third kappa shape index (κ3) is 4.30. The SMILES string of the molecule is COc1ccccc1[C@H](NC(=O)CNc1ccc(C#N)cc1)c1nccn1C. The van der Waals surface area contributed by atoms with Gasteiger partial charge in [0.1, 0.15) is 17.6 Å². The second kappa shape index (κ2) is 8.73. The van der Waals surface area contributed by atoms with Crippen LogP contribution in [-0.4, -0.2) is 29.1 Å². The lowest BCUT2D eigenvalue weighted by Crippen LogP contribution is -2.35. The fraction of sp³-hybridized carbons (Fsp3) is 0.190. The number of para-hydroxylation sites is 1. The summed E-state index contributed by atoms with van der Waals surface area (Å²) in [5, 5.41) is 14.9. The maximum atomic E-state index is 12.6. The predicted octanol–water partition coefficient (Wildman–Crippen LogP) is 2.62. The molecule has 0 saturated carbocycles. The van der Waals surface area contributed by atoms with Crippen LogP contribution in [0.15, 0.2) is 60.9 Å². The highest BCUT2D eigenvalue weighted by Gasteiger charge is 2.23. The quantitative estimate of drug-likeness (QED) is 0.662. The van der Waals surface area contributed by atoms with Gasteiger partial charge in [-0.1, -0.05) is 18.2 Å². The first kappa shape index (κ1) is 19.0. The minimum atomic E-state index is -0.452. The number of carbonyl (C=O) groups excluding carboxylic acids is 1. The van der Waals surface area contributed by atoms with E-state index in [1.54, 1.807) is 37.6 Å². The molecule has 1 aromatic heterocycles. The first-order valence-electron chi connectivity index (χ1n) is 8.76. The number of nitrogens with zero attached hydrogens (tertiary/aromatic N) is 3. The summed E-state index contributed by atoms with van der Waals surface area (Å²) >= 11 is 0. The lowest BCUT2D eigenvalue weighted by Gasteiger charge is -2.21. The average molecular weight is 375 g/mol. The summed E-state index contributed by atoms with van der Waals surface area (Å²) < 4.78 is 7.33. The molecule has 3 rings (SSSR count). The van der Waals surface area contributed by atoms with Crippen LogP contribution in [0.5, 0.6) is 5.75 Å². The van der Waals surface area contributed by atoms with Crippen molar-refractivity contribution in [3.05, 3.63) is 77.9 Å². The van der Waals surface area contributed by atoms with Crippen molar-refractivity contribution in [2.45, 2.75) is 6.04 Å². The van der Waals surface area contributed by atoms with E-state index >= 15 is 0 Å². The van der Waals surface area contributed by atoms with E-state index in [-0.39, 0.29) is 12.5 Å². The van der Waals surface area contributed by atoms with Crippen LogP contribution in [0.4, 0.5) is 5.69 Å². The fourth-order valence-corrected chi connectivity index (χ4v) is 2.90. The summed E-state index contributed by atoms with van der Waals surface area (Å²) in [6, 6.07) is 16.1. The summed E-state index contributed by atoms with van der Waals surface area (Å²) in [6.07, 6.45) is 3.53. The van der Waals surface area contributed by atoms with Crippen LogP contribution >= 0.6 is 0 Å². The summed E-state index contributed by atoms with van der Waals surface area (Å²) in [5.41, 5.74) is 2.16. The number of amides is 1. The minimum Gasteiger partial charge on any atom is -0.496 e. The minimum absolute atomic E-state index is 0.0853. The smallest absolute Gasteiger partial charge is 0.240 e. The number of aromatic nitrogens is 2. The number of nitriles is 1. The summed E-state index contributed by atoms with van der Waals surface area (Å²) in [4.78, 5) is 17.0. The lowest BCUT2D eigenvalue weighted by atomic mass is 10.0. The van der Waals surface area contributed by atoms with Crippen LogP contribution in [0, 0.1) is 11.3 Å². The molecule has 3 aromatic rings. The first-order valence-corrected chi connectivity index (χ1v) is 8.76. The summed E-state index contributed by atoms with van der Waals surface area (Å²) in [6.45, 7) is 0.0853. The van der Waals surface area contributed by atoms with Crippen LogP contribution in [0.1, 0.15) is 23.0 Å². The number of hydrogen-bond acceptors (Lipinski definition) is 5. The molecule has 1 heterocycles. The number of benzene rings is 2. The Morgan fingerprint density at radius 2 is 2.00 bits per heavy atom. The number of aryl methyl sites for hydroxylation is 1. The Hall–Kier alpha value is -3.79. The van der Waals surface area contributed by atoms with Gasteiger partial charge in [-0.3, -0.25) is 4.79 Å². The number of nitrogens with one attached hydrogen (secondary N) is 2. The van der Waals surface area contributed by atoms with Crippen molar-refractivity contribution in [2.75, 3.05) is 19.0 Å². The maximum Gasteiger partial charge on any atom is 0.240 e. The number of ether oxygens (including phenoxy) is 1. The van der Waals surface area contributed by atoms with Gasteiger partial charge in [-0.05, 0) is 30.3 Å². The Labute approximate surface area is 163 Å². The molecule has 2 aromatic carbocycles. The average Bonchev–Trinajstić information content (AvgIpc) is 3.16. The molecular formula is C21H21N5O2. The normalized spacial score (nSPS) is 11.3. The van der Waals surface area contributed by atoms with Crippen LogP contribution < -0.4 is 15.4 Å². The molecule has 0 fully saturated rings. The molecule has 1 amide bonds. The van der Waals surface area contributed by atoms with Crippen molar-refractivity contribution in [3.8, 4) is 11.8 Å². The Morgan fingerprint density at radius 1 is 1.25 bits per heavy atom. The van der Waals surface area contributed by atoms with Crippen molar-refractivity contribution in [2.24, 2.45) is 7.05 Å². The molecule has 0 saturated heterocycles. The summed E-state index contributed by atoms with van der Waals surface area (Å²) in [7, 11) is 3.48. The van der Waals surface area contributed by atoms with Crippen molar-refractivity contribution in [1.29, 1.82) is 5.26 Å². The second-order valence-corrected chi connectivity index (χ2v) is 6.18. The molecular weight excluding hydrogens is 354 g/mol. The zero-order chi connectivity index (χ0) is 19.9. The number of anilines is 1. The number of carbonyl (C=O) groups is 1.